The van der Waals surface area contributed by atoms with Crippen LogP contribution in [0.4, 0.5) is 0 Å². The predicted octanol–water partition coefficient (Wildman–Crippen LogP) is 10.1. The van der Waals surface area contributed by atoms with E-state index >= 15 is 0 Å². The van der Waals surface area contributed by atoms with E-state index in [0.29, 0.717) is 103 Å². The van der Waals surface area contributed by atoms with E-state index in [1.54, 1.807) is 417 Å². The monoisotopic (exact) mass is 2920 g/mol. The fraction of sp³-hybridized carbons (Fsp3) is 0.528. The zero-order chi connectivity index (χ0) is 105. The molecule has 4 aromatic rings. The SMILES string of the molecule is C.CCCCCC(=O)O.Cc1ccc(S(=O)(=O)O)cc1.O=C(O)CCC/C=C\C[C@@H]1[C@@H](/C=C/[C@@H](O)COc2cccc(Cl)c2)[C@H](O)C[C@@H]1O.OC1C[C@@H]2[C@@H](/C=C/[C@@H](O)COc3cccc(Cl)c3)[C@H](O)C[C@@H]2O1.O[C@H](/C=C/[C@@H]1[C@@H](CC2OCCO2)[C@@H](O)C[C@H]1O)COc1cccc(Cl)c1.S=S=S=S=S=S=S=S=S=S=S=S=S.S=S=S=S=S=S=S=S=S=S=S=S=S=S=S=S.S=S=S=S=S=S=S=S=S=S=S=S=S=S=S=S=S. The lowest BCUT2D eigenvalue weighted by Crippen LogP contribution is -2.26. The van der Waals surface area contributed by atoms with E-state index in [-0.39, 0.29) is 86.5 Å². The first-order valence-corrected chi connectivity index (χ1v) is 99.6. The van der Waals surface area contributed by atoms with Crippen molar-refractivity contribution in [1.82, 2.24) is 0 Å². The van der Waals surface area contributed by atoms with Crippen LogP contribution in [-0.2, 0) is 456 Å². The topological polar surface area (TPSA) is 366 Å². The number of hydrogen-bond donors (Lipinski definition) is 12. The molecular weight excluding hydrogens is 2830 g/mol. The summed E-state index contributed by atoms with van der Waals surface area (Å²) in [6.07, 6.45) is 14.6. The number of aryl methyl sites for hydroxylation is 1. The fourth-order valence-electron chi connectivity index (χ4n) is 12.0. The molecule has 3 aliphatic carbocycles. The average molecular weight is 2930 g/mol. The summed E-state index contributed by atoms with van der Waals surface area (Å²) in [5.74, 6) is -0.638. The lowest BCUT2D eigenvalue weighted by Gasteiger charge is -2.23. The Morgan fingerprint density at radius 2 is 0.750 bits per heavy atom. The van der Waals surface area contributed by atoms with Gasteiger partial charge >= 0.3 is 11.9 Å². The van der Waals surface area contributed by atoms with Gasteiger partial charge < -0.3 is 84.6 Å². The Hall–Kier alpha value is 4.60. The first-order chi connectivity index (χ1) is 68.9. The Bertz CT molecular complexity index is 6730. The van der Waals surface area contributed by atoms with E-state index in [9.17, 15) is 64.0 Å². The van der Waals surface area contributed by atoms with Crippen molar-refractivity contribution in [1.29, 1.82) is 0 Å². The van der Waals surface area contributed by atoms with Gasteiger partial charge in [0.15, 0.2) is 12.6 Å². The van der Waals surface area contributed by atoms with Gasteiger partial charge in [-0.2, -0.15) is 8.42 Å². The van der Waals surface area contributed by atoms with Gasteiger partial charge in [0, 0.05) is 500 Å². The molecule has 2 heterocycles. The number of allylic oxidation sites excluding steroid dienone is 2. The molecule has 72 heteroatoms. The normalized spacial score (nSPS) is 20.0. The maximum Gasteiger partial charge on any atom is 0.303 e. The molecule has 0 spiro atoms. The Kier molecular flexibility index (Phi) is 100. The zero-order valence-corrected chi connectivity index (χ0v) is 114. The van der Waals surface area contributed by atoms with Crippen molar-refractivity contribution in [3.63, 3.8) is 0 Å². The zero-order valence-electron chi connectivity index (χ0n) is 73.2. The van der Waals surface area contributed by atoms with Crippen molar-refractivity contribution in [2.75, 3.05) is 33.0 Å². The summed E-state index contributed by atoms with van der Waals surface area (Å²) in [5.41, 5.74) is 0.956. The number of fused-ring (bicyclic) bond motifs is 1. The number of carbonyl (C=O) groups is 2. The van der Waals surface area contributed by atoms with Crippen molar-refractivity contribution in [2.45, 2.75) is 177 Å². The number of rotatable bonds is 28. The van der Waals surface area contributed by atoms with Crippen LogP contribution < -0.4 is 14.2 Å². The summed E-state index contributed by atoms with van der Waals surface area (Å²) >= 11 is 46.0. The summed E-state index contributed by atoms with van der Waals surface area (Å²) < 4.78 is 62.3. The molecule has 2 aliphatic heterocycles. The summed E-state index contributed by atoms with van der Waals surface area (Å²) in [6, 6.07) is 26.8. The second-order valence-electron chi connectivity index (χ2n) is 27.1. The molecule has 4 aromatic carbocycles. The average Bonchev–Trinajstić information content (AvgIpc) is 1.64. The smallest absolute Gasteiger partial charge is 0.303 e. The third-order valence-corrected chi connectivity index (χ3v) is 101. The highest BCUT2D eigenvalue weighted by molar-refractivity contribution is 8.79. The highest BCUT2D eigenvalue weighted by atomic mass is 35.5. The summed E-state index contributed by atoms with van der Waals surface area (Å²) in [6.45, 7) is 5.23. The highest BCUT2D eigenvalue weighted by Crippen LogP contribution is 2.44. The minimum Gasteiger partial charge on any atom is -0.491 e. The minimum atomic E-state index is -4.02. The number of unbranched alkanes of at least 4 members (excludes halogenated alkanes) is 3. The van der Waals surface area contributed by atoms with E-state index in [0.717, 1.165) is 24.8 Å². The second-order valence-corrected chi connectivity index (χ2v) is 101. The van der Waals surface area contributed by atoms with Crippen molar-refractivity contribution < 1.29 is 107 Å². The number of aliphatic hydroxyl groups is 9. The van der Waals surface area contributed by atoms with Gasteiger partial charge in [0.05, 0.1) is 54.7 Å². The van der Waals surface area contributed by atoms with E-state index in [4.69, 9.17) is 145 Å². The molecule has 1 unspecified atom stereocenters. The van der Waals surface area contributed by atoms with Crippen LogP contribution >= 0.6 is 34.8 Å². The number of halogens is 3. The lowest BCUT2D eigenvalue weighted by molar-refractivity contribution is -0.138. The molecule has 822 valence electrons. The summed E-state index contributed by atoms with van der Waals surface area (Å²) in [5, 5.41) is 109. The van der Waals surface area contributed by atoms with E-state index in [1.165, 1.54) is 65.4 Å². The van der Waals surface area contributed by atoms with Gasteiger partial charge in [0.25, 0.3) is 10.1 Å². The Morgan fingerprint density at radius 1 is 0.431 bits per heavy atom. The number of aliphatic carboxylic acids is 2. The van der Waals surface area contributed by atoms with Crippen LogP contribution in [0.5, 0.6) is 17.2 Å². The fourth-order valence-corrected chi connectivity index (χ4v) is 106. The predicted molar refractivity (Wildman–Crippen MR) is 710 cm³/mol. The number of aliphatic hydroxyl groups excluding tert-OH is 9. The quantitative estimate of drug-likeness (QED) is 0.0143. The Labute approximate surface area is 998 Å². The number of carboxylic acid groups (broad SMARTS) is 2. The van der Waals surface area contributed by atoms with Gasteiger partial charge in [0.2, 0.25) is 0 Å². The molecular formula is C72H99Cl3O22S47. The standard InChI is InChI=1S/C22H29ClO6.C19H25ClO6.C17H21ClO5.C7H8O3S.C6H12O2.CH4.S17.S16.S13/c23-15-6-5-7-17(12-15)29-14-16(24)10-11-19-18(20(25)13-21(19)26)8-3-1-2-4-9-22(27)28;20-12-2-1-3-14(8-12)26-11-13(21)4-5-15-16(18(23)10-17(15)22)9-19-24-6-7-25-19;18-10-2-1-3-12(6-10)22-9-11(19)4-5-13-14-7-17(21)23-16(14)8-15(13)20;1-6-2-4-7(5-3-6)11(8,9)10;1-2-3-4-5-6(7)8;;1-3-5-7-9-11-13-15-17-16-14-12-10-8-6-4-2;1-3-5-7-9-11-13-15-16-14-12-10-8-6-4-2;1-3-5-7-9-11-13-12-10-8-6-4-2/h1,3,5-7,10-12,16,18-21,24-26H,2,4,8-9,13-14H2,(H,27,28);1-5,8,13,15-19,21-23H,6-7,9-11H2;1-6,11,13-17,19-21H,7-9H2;2-5H,1H3,(H,8,9,10);2-5H2,1H3,(H,7,8);1H4;;;/b3-1-,11-10+;2*5-4+;;;;;;/t16-,18-,19-,20+,21-;13-,15-,16-,17-,18+;11-,13-,14-,15-,16+,17?;;;;;;/m111....../s1. The third kappa shape index (κ3) is 78.8. The Balaban J connectivity index is 0.000000845. The maximum absolute atomic E-state index is 10.5. The molecule has 22 nitrogen and oxygen atoms in total. The molecule has 5 aliphatic rings. The van der Waals surface area contributed by atoms with Crippen LogP contribution in [0.1, 0.15) is 103 Å². The molecule has 12 N–H and O–H groups in total. The molecule has 2 saturated heterocycles. The number of benzene rings is 4. The highest BCUT2D eigenvalue weighted by Gasteiger charge is 2.48. The maximum atomic E-state index is 10.5. The first-order valence-electron chi connectivity index (χ1n) is 39.7. The van der Waals surface area contributed by atoms with Crippen LogP contribution in [0.25, 0.3) is 0 Å². The molecule has 5 fully saturated rings. The number of carboxylic acids is 2. The van der Waals surface area contributed by atoms with Gasteiger partial charge in [-0.1, -0.05) is 146 Å². The molecule has 0 aromatic heterocycles. The molecule has 0 amide bonds. The van der Waals surface area contributed by atoms with E-state index in [1.807, 2.05) is 25.2 Å². The minimum absolute atomic E-state index is 0. The Morgan fingerprint density at radius 3 is 1.08 bits per heavy atom. The summed E-state index contributed by atoms with van der Waals surface area (Å²) in [4.78, 5) is 20.3. The molecule has 144 heavy (non-hydrogen) atoms. The third-order valence-electron chi connectivity index (χ3n) is 17.7. The van der Waals surface area contributed by atoms with Crippen LogP contribution in [0.3, 0.4) is 0 Å². The van der Waals surface area contributed by atoms with Crippen LogP contribution in [-0.4, -0.2) is 182 Å². The van der Waals surface area contributed by atoms with Crippen LogP contribution in [0.15, 0.2) is 151 Å². The van der Waals surface area contributed by atoms with E-state index in [2.05, 4.69) is 6.92 Å². The van der Waals surface area contributed by atoms with Crippen molar-refractivity contribution in [2.24, 2.45) is 35.5 Å². The van der Waals surface area contributed by atoms with Gasteiger partial charge in [-0.25, -0.2) is 0 Å². The number of ether oxygens (including phenoxy) is 6. The molecule has 9 rings (SSSR count). The molecule has 0 radical (unpaired) electrons. The van der Waals surface area contributed by atoms with Crippen LogP contribution in [0, 0.1) is 42.4 Å². The van der Waals surface area contributed by atoms with Gasteiger partial charge in [-0.05, 0) is 117 Å². The molecule has 16 atom stereocenters. The van der Waals surface area contributed by atoms with Gasteiger partial charge in [0.1, 0.15) is 55.4 Å². The molecule has 3 saturated carbocycles. The van der Waals surface area contributed by atoms with E-state index < -0.39 is 77.2 Å². The van der Waals surface area contributed by atoms with Crippen molar-refractivity contribution in [3.05, 3.63) is 166 Å². The van der Waals surface area contributed by atoms with Crippen LogP contribution in [0.2, 0.25) is 15.1 Å². The number of hydrogen-bond acceptors (Lipinski definition) is 25. The second kappa shape index (κ2) is 98.3. The largest absolute Gasteiger partial charge is 0.491 e. The molecule has 0 bridgehead atoms. The van der Waals surface area contributed by atoms with Crippen molar-refractivity contribution >= 4 is 479 Å². The van der Waals surface area contributed by atoms with Crippen molar-refractivity contribution in [3.8, 4) is 17.2 Å². The van der Waals surface area contributed by atoms with Gasteiger partial charge in [-0.15, -0.1) is 0 Å². The lowest BCUT2D eigenvalue weighted by atomic mass is 9.89. The first kappa shape index (κ1) is 147. The van der Waals surface area contributed by atoms with Gasteiger partial charge in [-0.3, -0.25) is 14.1 Å². The summed E-state index contributed by atoms with van der Waals surface area (Å²) in [7, 11) is 63.0.